The number of carbonyl (C=O) groups is 1. The van der Waals surface area contributed by atoms with Gasteiger partial charge in [0.2, 0.25) is 0 Å². The summed E-state index contributed by atoms with van der Waals surface area (Å²) in [5.74, 6) is -1.39. The second kappa shape index (κ2) is 5.13. The third kappa shape index (κ3) is 2.83. The molecule has 1 aromatic carbocycles. The molecule has 104 valence electrons. The Morgan fingerprint density at radius 3 is 2.65 bits per heavy atom. The minimum absolute atomic E-state index is 0.0220. The molecule has 1 heterocycles. The predicted molar refractivity (Wildman–Crippen MR) is 70.7 cm³/mol. The molecule has 0 radical (unpaired) electrons. The summed E-state index contributed by atoms with van der Waals surface area (Å²) in [4.78, 5) is 18.1. The van der Waals surface area contributed by atoms with Crippen LogP contribution in [0.2, 0.25) is 0 Å². The van der Waals surface area contributed by atoms with Crippen molar-refractivity contribution < 1.29 is 18.3 Å². The fourth-order valence-electron chi connectivity index (χ4n) is 1.48. The van der Waals surface area contributed by atoms with Gasteiger partial charge in [-0.1, -0.05) is 0 Å². The molecule has 2 aromatic rings. The van der Waals surface area contributed by atoms with Crippen LogP contribution in [0.25, 0.3) is 0 Å². The van der Waals surface area contributed by atoms with Crippen molar-refractivity contribution in [1.82, 2.24) is 9.97 Å². The van der Waals surface area contributed by atoms with E-state index in [1.165, 1.54) is 24.7 Å². The number of aromatic carboxylic acids is 1. The molecular formula is C11H10N4O4S. The number of nitrogens with zero attached hydrogens (tertiary/aromatic N) is 2. The Morgan fingerprint density at radius 2 is 2.05 bits per heavy atom. The lowest BCUT2D eigenvalue weighted by Gasteiger charge is -2.10. The van der Waals surface area contributed by atoms with Crippen LogP contribution in [0.5, 0.6) is 0 Å². The SMILES string of the molecule is Nc1ccc(C(=O)O)c(S(=O)(=O)Nc2cnccn2)c1. The summed E-state index contributed by atoms with van der Waals surface area (Å²) < 4.78 is 26.5. The average molecular weight is 294 g/mol. The summed E-state index contributed by atoms with van der Waals surface area (Å²) >= 11 is 0. The van der Waals surface area contributed by atoms with Crippen LogP contribution in [0.15, 0.2) is 41.7 Å². The van der Waals surface area contributed by atoms with Gasteiger partial charge in [-0.3, -0.25) is 9.71 Å². The summed E-state index contributed by atoms with van der Waals surface area (Å²) in [6.45, 7) is 0. The molecular weight excluding hydrogens is 284 g/mol. The molecule has 0 unspecified atom stereocenters. The molecule has 0 bridgehead atoms. The first kappa shape index (κ1) is 13.7. The molecule has 0 aliphatic rings. The minimum atomic E-state index is -4.12. The first-order chi connectivity index (χ1) is 9.40. The smallest absolute Gasteiger partial charge is 0.337 e. The van der Waals surface area contributed by atoms with Crippen molar-refractivity contribution in [3.63, 3.8) is 0 Å². The second-order valence-electron chi connectivity index (χ2n) is 3.76. The molecule has 20 heavy (non-hydrogen) atoms. The molecule has 0 saturated carbocycles. The standard InChI is InChI=1S/C11H10N4O4S/c12-7-1-2-8(11(16)17)9(5-7)20(18,19)15-10-6-13-3-4-14-10/h1-6H,12H2,(H,14,15)(H,16,17). The first-order valence-corrected chi connectivity index (χ1v) is 6.80. The Bertz CT molecular complexity index is 746. The third-order valence-corrected chi connectivity index (χ3v) is 3.72. The monoisotopic (exact) mass is 294 g/mol. The number of nitrogens with one attached hydrogen (secondary N) is 1. The lowest BCUT2D eigenvalue weighted by atomic mass is 10.2. The van der Waals surface area contributed by atoms with Gasteiger partial charge < -0.3 is 10.8 Å². The van der Waals surface area contributed by atoms with Crippen LogP contribution >= 0.6 is 0 Å². The number of nitrogen functional groups attached to an aromatic ring is 1. The summed E-state index contributed by atoms with van der Waals surface area (Å²) in [7, 11) is -4.12. The van der Waals surface area contributed by atoms with Crippen molar-refractivity contribution in [1.29, 1.82) is 0 Å². The molecule has 0 saturated heterocycles. The van der Waals surface area contributed by atoms with Gasteiger partial charge >= 0.3 is 5.97 Å². The number of nitrogens with two attached hydrogens (primary N) is 1. The van der Waals surface area contributed by atoms with Crippen LogP contribution in [0, 0.1) is 0 Å². The van der Waals surface area contributed by atoms with E-state index in [0.717, 1.165) is 12.1 Å². The van der Waals surface area contributed by atoms with Crippen molar-refractivity contribution in [2.45, 2.75) is 4.90 Å². The molecule has 0 atom stereocenters. The minimum Gasteiger partial charge on any atom is -0.478 e. The average Bonchev–Trinajstić information content (AvgIpc) is 2.39. The number of aromatic nitrogens is 2. The highest BCUT2D eigenvalue weighted by Crippen LogP contribution is 2.21. The summed E-state index contributed by atoms with van der Waals surface area (Å²) in [5.41, 5.74) is 5.26. The molecule has 1 aromatic heterocycles. The molecule has 2 rings (SSSR count). The van der Waals surface area contributed by atoms with E-state index in [1.807, 2.05) is 0 Å². The van der Waals surface area contributed by atoms with Crippen molar-refractivity contribution in [2.75, 3.05) is 10.5 Å². The number of carboxylic acids is 1. The first-order valence-electron chi connectivity index (χ1n) is 5.32. The zero-order valence-electron chi connectivity index (χ0n) is 10.0. The number of anilines is 2. The highest BCUT2D eigenvalue weighted by molar-refractivity contribution is 7.92. The highest BCUT2D eigenvalue weighted by Gasteiger charge is 2.23. The lowest BCUT2D eigenvalue weighted by Crippen LogP contribution is -2.18. The van der Waals surface area contributed by atoms with E-state index in [0.29, 0.717) is 0 Å². The quantitative estimate of drug-likeness (QED) is 0.701. The molecule has 9 heteroatoms. The number of benzene rings is 1. The Kier molecular flexibility index (Phi) is 3.53. The van der Waals surface area contributed by atoms with Crippen LogP contribution in [0.4, 0.5) is 11.5 Å². The highest BCUT2D eigenvalue weighted by atomic mass is 32.2. The molecule has 8 nitrogen and oxygen atoms in total. The molecule has 0 aliphatic heterocycles. The normalized spacial score (nSPS) is 11.0. The summed E-state index contributed by atoms with van der Waals surface area (Å²) in [6, 6.07) is 3.51. The van der Waals surface area contributed by atoms with Crippen LogP contribution in [-0.2, 0) is 10.0 Å². The van der Waals surface area contributed by atoms with Crippen LogP contribution in [0.3, 0.4) is 0 Å². The molecule has 0 amide bonds. The van der Waals surface area contributed by atoms with Crippen molar-refractivity contribution in [2.24, 2.45) is 0 Å². The third-order valence-electron chi connectivity index (χ3n) is 2.33. The van der Waals surface area contributed by atoms with E-state index in [4.69, 9.17) is 10.8 Å². The van der Waals surface area contributed by atoms with Gasteiger partial charge in [0, 0.05) is 18.1 Å². The second-order valence-corrected chi connectivity index (χ2v) is 5.41. The predicted octanol–water partition coefficient (Wildman–Crippen LogP) is 0.558. The van der Waals surface area contributed by atoms with E-state index < -0.39 is 20.9 Å². The van der Waals surface area contributed by atoms with Gasteiger partial charge in [-0.25, -0.2) is 18.2 Å². The van der Waals surface area contributed by atoms with E-state index in [1.54, 1.807) is 0 Å². The van der Waals surface area contributed by atoms with Crippen molar-refractivity contribution in [3.8, 4) is 0 Å². The van der Waals surface area contributed by atoms with Gasteiger partial charge in [0.15, 0.2) is 5.82 Å². The van der Waals surface area contributed by atoms with Gasteiger partial charge in [0.1, 0.15) is 4.90 Å². The number of carboxylic acid groups (broad SMARTS) is 1. The molecule has 0 aliphatic carbocycles. The zero-order valence-corrected chi connectivity index (χ0v) is 10.8. The van der Waals surface area contributed by atoms with Gasteiger partial charge in [0.05, 0.1) is 11.8 Å². The molecule has 4 N–H and O–H groups in total. The van der Waals surface area contributed by atoms with Crippen molar-refractivity contribution >= 4 is 27.5 Å². The van der Waals surface area contributed by atoms with Gasteiger partial charge in [0.25, 0.3) is 10.0 Å². The fourth-order valence-corrected chi connectivity index (χ4v) is 2.71. The lowest BCUT2D eigenvalue weighted by molar-refractivity contribution is 0.0692. The topological polar surface area (TPSA) is 135 Å². The Hall–Kier alpha value is -2.68. The number of hydrogen-bond donors (Lipinski definition) is 3. The van der Waals surface area contributed by atoms with Crippen LogP contribution < -0.4 is 10.5 Å². The zero-order chi connectivity index (χ0) is 14.8. The summed E-state index contributed by atoms with van der Waals surface area (Å²) in [6.07, 6.45) is 3.88. The van der Waals surface area contributed by atoms with Gasteiger partial charge in [-0.05, 0) is 18.2 Å². The summed E-state index contributed by atoms with van der Waals surface area (Å²) in [5, 5.41) is 9.02. The Balaban J connectivity index is 2.49. The number of rotatable bonds is 4. The van der Waals surface area contributed by atoms with Crippen LogP contribution in [-0.4, -0.2) is 29.5 Å². The Labute approximate surface area is 114 Å². The Morgan fingerprint density at radius 1 is 1.30 bits per heavy atom. The molecule has 0 fully saturated rings. The van der Waals surface area contributed by atoms with E-state index in [9.17, 15) is 13.2 Å². The van der Waals surface area contributed by atoms with Crippen molar-refractivity contribution in [3.05, 3.63) is 42.4 Å². The maximum atomic E-state index is 12.2. The largest absolute Gasteiger partial charge is 0.478 e. The van der Waals surface area contributed by atoms with Gasteiger partial charge in [-0.15, -0.1) is 0 Å². The van der Waals surface area contributed by atoms with E-state index >= 15 is 0 Å². The number of hydrogen-bond acceptors (Lipinski definition) is 6. The van der Waals surface area contributed by atoms with Crippen LogP contribution in [0.1, 0.15) is 10.4 Å². The maximum absolute atomic E-state index is 12.2. The van der Waals surface area contributed by atoms with Gasteiger partial charge in [-0.2, -0.15) is 0 Å². The number of sulfonamides is 1. The van der Waals surface area contributed by atoms with E-state index in [2.05, 4.69) is 14.7 Å². The molecule has 0 spiro atoms. The fraction of sp³-hybridized carbons (Fsp3) is 0. The maximum Gasteiger partial charge on any atom is 0.337 e. The van der Waals surface area contributed by atoms with E-state index in [-0.39, 0.29) is 17.1 Å².